The normalized spacial score (nSPS) is 24.2. The van der Waals surface area contributed by atoms with Crippen molar-refractivity contribution < 1.29 is 9.72 Å². The number of hydrogen-bond donors (Lipinski definition) is 1. The van der Waals surface area contributed by atoms with Crippen molar-refractivity contribution in [1.29, 1.82) is 0 Å². The fourth-order valence-corrected chi connectivity index (χ4v) is 2.12. The van der Waals surface area contributed by atoms with Crippen molar-refractivity contribution in [3.63, 3.8) is 0 Å². The van der Waals surface area contributed by atoms with E-state index in [1.807, 2.05) is 0 Å². The number of piperidine rings is 1. The topological polar surface area (TPSA) is 72.2 Å². The second-order valence-electron chi connectivity index (χ2n) is 3.99. The number of halogens is 1. The summed E-state index contributed by atoms with van der Waals surface area (Å²) in [5, 5.41) is 14.2. The third-order valence-corrected chi connectivity index (χ3v) is 3.12. The number of amides is 1. The maximum absolute atomic E-state index is 11.3. The van der Waals surface area contributed by atoms with Crippen molar-refractivity contribution in [2.75, 3.05) is 0 Å². The standard InChI is InChI=1S/C11H11ClN2O3/c12-8-3-1-7(2-4-8)11-9(14(16)17)5-6-10(15)13-11/h1-4,9,11H,5-6H2,(H,13,15)/t9-,11+/m1/s1. The van der Waals surface area contributed by atoms with Crippen molar-refractivity contribution in [2.45, 2.75) is 24.9 Å². The van der Waals surface area contributed by atoms with Gasteiger partial charge in [0.1, 0.15) is 6.04 Å². The maximum Gasteiger partial charge on any atom is 0.237 e. The minimum Gasteiger partial charge on any atom is -0.343 e. The number of benzene rings is 1. The number of carbonyl (C=O) groups is 1. The molecule has 1 amide bonds. The molecule has 0 aromatic heterocycles. The Hall–Kier alpha value is -1.62. The maximum atomic E-state index is 11.3. The minimum absolute atomic E-state index is 0.150. The molecule has 0 aliphatic carbocycles. The molecule has 1 saturated heterocycles. The van der Waals surface area contributed by atoms with Crippen LogP contribution in [-0.4, -0.2) is 16.9 Å². The van der Waals surface area contributed by atoms with Crippen LogP contribution in [0.1, 0.15) is 24.4 Å². The van der Waals surface area contributed by atoms with Gasteiger partial charge in [-0.3, -0.25) is 14.9 Å². The van der Waals surface area contributed by atoms with E-state index in [-0.39, 0.29) is 23.7 Å². The van der Waals surface area contributed by atoms with Crippen LogP contribution in [-0.2, 0) is 4.79 Å². The Balaban J connectivity index is 2.28. The molecule has 5 nitrogen and oxygen atoms in total. The molecule has 2 rings (SSSR count). The fraction of sp³-hybridized carbons (Fsp3) is 0.364. The largest absolute Gasteiger partial charge is 0.343 e. The first-order valence-corrected chi connectivity index (χ1v) is 5.64. The zero-order chi connectivity index (χ0) is 12.4. The van der Waals surface area contributed by atoms with Gasteiger partial charge < -0.3 is 5.32 Å². The highest BCUT2D eigenvalue weighted by Crippen LogP contribution is 2.27. The van der Waals surface area contributed by atoms with Crippen molar-refractivity contribution in [1.82, 2.24) is 5.32 Å². The highest BCUT2D eigenvalue weighted by atomic mass is 35.5. The van der Waals surface area contributed by atoms with E-state index in [0.717, 1.165) is 0 Å². The molecule has 6 heteroatoms. The van der Waals surface area contributed by atoms with E-state index >= 15 is 0 Å². The van der Waals surface area contributed by atoms with Crippen LogP contribution < -0.4 is 5.32 Å². The molecule has 0 saturated carbocycles. The lowest BCUT2D eigenvalue weighted by Gasteiger charge is -2.26. The summed E-state index contributed by atoms with van der Waals surface area (Å²) < 4.78 is 0. The summed E-state index contributed by atoms with van der Waals surface area (Å²) in [6.45, 7) is 0. The van der Waals surface area contributed by atoms with E-state index in [2.05, 4.69) is 5.32 Å². The number of hydrogen-bond acceptors (Lipinski definition) is 3. The molecule has 0 radical (unpaired) electrons. The predicted molar refractivity (Wildman–Crippen MR) is 62.4 cm³/mol. The van der Waals surface area contributed by atoms with Crippen molar-refractivity contribution in [2.24, 2.45) is 0 Å². The molecule has 2 atom stereocenters. The van der Waals surface area contributed by atoms with Gasteiger partial charge in [0.05, 0.1) is 0 Å². The zero-order valence-corrected chi connectivity index (χ0v) is 9.68. The van der Waals surface area contributed by atoms with Gasteiger partial charge in [0, 0.05) is 22.8 Å². The molecule has 1 heterocycles. The second-order valence-corrected chi connectivity index (χ2v) is 4.42. The highest BCUT2D eigenvalue weighted by Gasteiger charge is 2.37. The van der Waals surface area contributed by atoms with E-state index in [4.69, 9.17) is 11.6 Å². The van der Waals surface area contributed by atoms with Gasteiger partial charge in [-0.2, -0.15) is 0 Å². The van der Waals surface area contributed by atoms with Crippen LogP contribution in [0, 0.1) is 10.1 Å². The first-order valence-electron chi connectivity index (χ1n) is 5.26. The zero-order valence-electron chi connectivity index (χ0n) is 8.93. The van der Waals surface area contributed by atoms with Gasteiger partial charge in [0.25, 0.3) is 0 Å². The molecule has 1 N–H and O–H groups in total. The number of rotatable bonds is 2. The van der Waals surface area contributed by atoms with Crippen LogP contribution >= 0.6 is 11.6 Å². The van der Waals surface area contributed by atoms with Crippen LogP contribution in [0.2, 0.25) is 5.02 Å². The molecule has 90 valence electrons. The van der Waals surface area contributed by atoms with Gasteiger partial charge in [-0.15, -0.1) is 0 Å². The molecule has 1 aliphatic rings. The van der Waals surface area contributed by atoms with Gasteiger partial charge in [0.15, 0.2) is 0 Å². The van der Waals surface area contributed by atoms with E-state index in [9.17, 15) is 14.9 Å². The lowest BCUT2D eigenvalue weighted by Crippen LogP contribution is -2.45. The molecule has 0 bridgehead atoms. The Morgan fingerprint density at radius 3 is 2.59 bits per heavy atom. The summed E-state index contributed by atoms with van der Waals surface area (Å²) >= 11 is 5.76. The Morgan fingerprint density at radius 1 is 1.35 bits per heavy atom. The monoisotopic (exact) mass is 254 g/mol. The van der Waals surface area contributed by atoms with Crippen molar-refractivity contribution in [3.05, 3.63) is 45.0 Å². The summed E-state index contributed by atoms with van der Waals surface area (Å²) in [6.07, 6.45) is 0.474. The molecular weight excluding hydrogens is 244 g/mol. The number of nitrogens with one attached hydrogen (secondary N) is 1. The summed E-state index contributed by atoms with van der Waals surface area (Å²) in [7, 11) is 0. The van der Waals surface area contributed by atoms with Gasteiger partial charge in [-0.1, -0.05) is 23.7 Å². The number of nitro groups is 1. The average Bonchev–Trinajstić information content (AvgIpc) is 2.29. The molecule has 1 fully saturated rings. The SMILES string of the molecule is O=C1CC[C@@H]([N+](=O)[O-])[C@H](c2ccc(Cl)cc2)N1. The molecular formula is C11H11ClN2O3. The van der Waals surface area contributed by atoms with Crippen LogP contribution in [0.5, 0.6) is 0 Å². The van der Waals surface area contributed by atoms with E-state index in [1.54, 1.807) is 24.3 Å². The van der Waals surface area contributed by atoms with Crippen molar-refractivity contribution in [3.8, 4) is 0 Å². The van der Waals surface area contributed by atoms with Gasteiger partial charge in [-0.05, 0) is 17.7 Å². The Bertz CT molecular complexity index is 447. The summed E-state index contributed by atoms with van der Waals surface area (Å²) in [5.41, 5.74) is 0.712. The van der Waals surface area contributed by atoms with Crippen LogP contribution in [0.4, 0.5) is 0 Å². The van der Waals surface area contributed by atoms with Gasteiger partial charge in [-0.25, -0.2) is 0 Å². The molecule has 1 aromatic carbocycles. The summed E-state index contributed by atoms with van der Waals surface area (Å²) in [6, 6.07) is 5.39. The van der Waals surface area contributed by atoms with Gasteiger partial charge >= 0.3 is 0 Å². The van der Waals surface area contributed by atoms with Gasteiger partial charge in [0.2, 0.25) is 11.9 Å². The molecule has 0 spiro atoms. The predicted octanol–water partition coefficient (Wildman–Crippen LogP) is 1.94. The first kappa shape index (κ1) is 11.9. The van der Waals surface area contributed by atoms with Crippen LogP contribution in [0.15, 0.2) is 24.3 Å². The minimum atomic E-state index is -0.770. The smallest absolute Gasteiger partial charge is 0.237 e. The summed E-state index contributed by atoms with van der Waals surface area (Å²) in [4.78, 5) is 21.9. The molecule has 1 aliphatic heterocycles. The van der Waals surface area contributed by atoms with E-state index < -0.39 is 12.1 Å². The average molecular weight is 255 g/mol. The molecule has 1 aromatic rings. The van der Waals surface area contributed by atoms with Crippen LogP contribution in [0.3, 0.4) is 0 Å². The number of nitrogens with zero attached hydrogens (tertiary/aromatic N) is 1. The quantitative estimate of drug-likeness (QED) is 0.647. The third kappa shape index (κ3) is 2.55. The molecule has 17 heavy (non-hydrogen) atoms. The Kier molecular flexibility index (Phi) is 3.28. The highest BCUT2D eigenvalue weighted by molar-refractivity contribution is 6.30. The lowest BCUT2D eigenvalue weighted by molar-refractivity contribution is -0.529. The lowest BCUT2D eigenvalue weighted by atomic mass is 9.92. The fourth-order valence-electron chi connectivity index (χ4n) is 1.99. The number of carbonyl (C=O) groups excluding carboxylic acids is 1. The van der Waals surface area contributed by atoms with E-state index in [1.165, 1.54) is 0 Å². The Labute approximate surface area is 103 Å². The van der Waals surface area contributed by atoms with Crippen molar-refractivity contribution >= 4 is 17.5 Å². The third-order valence-electron chi connectivity index (χ3n) is 2.87. The first-order chi connectivity index (χ1) is 8.08. The second kappa shape index (κ2) is 4.71. The summed E-state index contributed by atoms with van der Waals surface area (Å²) in [5.74, 6) is -0.150. The molecule has 0 unspecified atom stereocenters. The van der Waals surface area contributed by atoms with Crippen LogP contribution in [0.25, 0.3) is 0 Å². The Morgan fingerprint density at radius 2 is 2.00 bits per heavy atom. The van der Waals surface area contributed by atoms with E-state index in [0.29, 0.717) is 10.6 Å².